The summed E-state index contributed by atoms with van der Waals surface area (Å²) in [5, 5.41) is 15.7. The standard InChI is InChI=1S/C20H21BFN3O3S/c22-17-9-5-4-8-16(17)20(12-25(21-13-27)10-15(20)11-26)24-19(29)23-18(28)14-6-2-1-3-7-14/h1-9,13,15,21,26H,10-12H2,(H2,23,24,28,29). The maximum Gasteiger partial charge on any atom is 0.281 e. The van der Waals surface area contributed by atoms with Gasteiger partial charge in [0.1, 0.15) is 5.82 Å². The van der Waals surface area contributed by atoms with Crippen molar-refractivity contribution in [2.75, 3.05) is 19.7 Å². The van der Waals surface area contributed by atoms with E-state index in [0.29, 0.717) is 17.7 Å². The Morgan fingerprint density at radius 1 is 1.28 bits per heavy atom. The molecule has 0 saturated carbocycles. The third-order valence-corrected chi connectivity index (χ3v) is 5.36. The lowest BCUT2D eigenvalue weighted by molar-refractivity contribution is 0.0975. The molecule has 1 amide bonds. The second kappa shape index (κ2) is 9.26. The summed E-state index contributed by atoms with van der Waals surface area (Å²) in [6, 6.07) is 14.8. The van der Waals surface area contributed by atoms with Gasteiger partial charge in [0.2, 0.25) is 0 Å². The van der Waals surface area contributed by atoms with Crippen LogP contribution < -0.4 is 10.6 Å². The number of benzene rings is 2. The maximum atomic E-state index is 14.7. The number of carbonyl (C=O) groups is 2. The normalized spacial score (nSPS) is 21.4. The minimum absolute atomic E-state index is 0.0218. The highest BCUT2D eigenvalue weighted by atomic mass is 32.1. The molecule has 1 saturated heterocycles. The lowest BCUT2D eigenvalue weighted by atomic mass is 9.80. The summed E-state index contributed by atoms with van der Waals surface area (Å²) < 4.78 is 14.7. The average molecular weight is 413 g/mol. The van der Waals surface area contributed by atoms with Gasteiger partial charge >= 0.3 is 0 Å². The highest BCUT2D eigenvalue weighted by Crippen LogP contribution is 2.37. The molecular formula is C20H21BFN3O3S. The molecule has 0 aromatic heterocycles. The van der Waals surface area contributed by atoms with Gasteiger partial charge in [0.05, 0.1) is 11.7 Å². The molecule has 1 aliphatic rings. The van der Waals surface area contributed by atoms with Crippen molar-refractivity contribution < 1.29 is 19.1 Å². The third-order valence-electron chi connectivity index (χ3n) is 5.16. The van der Waals surface area contributed by atoms with Crippen molar-refractivity contribution in [3.05, 3.63) is 71.5 Å². The third kappa shape index (κ3) is 4.53. The first-order chi connectivity index (χ1) is 14.0. The van der Waals surface area contributed by atoms with E-state index in [9.17, 15) is 19.1 Å². The van der Waals surface area contributed by atoms with Gasteiger partial charge in [0.25, 0.3) is 13.3 Å². The van der Waals surface area contributed by atoms with Crippen molar-refractivity contribution in [1.82, 2.24) is 15.4 Å². The maximum absolute atomic E-state index is 14.7. The number of carbonyl (C=O) groups excluding carboxylic acids is 2. The minimum Gasteiger partial charge on any atom is -0.396 e. The van der Waals surface area contributed by atoms with E-state index in [4.69, 9.17) is 12.2 Å². The van der Waals surface area contributed by atoms with Crippen molar-refractivity contribution in [2.24, 2.45) is 5.92 Å². The number of aliphatic hydroxyl groups excluding tert-OH is 1. The highest BCUT2D eigenvalue weighted by molar-refractivity contribution is 7.80. The molecule has 2 aromatic carbocycles. The Bertz CT molecular complexity index is 902. The molecule has 2 aromatic rings. The van der Waals surface area contributed by atoms with E-state index >= 15 is 0 Å². The quantitative estimate of drug-likeness (QED) is 0.369. The molecule has 9 heteroatoms. The molecule has 6 nitrogen and oxygen atoms in total. The molecule has 3 rings (SSSR count). The Hall–Kier alpha value is -2.62. The molecule has 2 atom stereocenters. The van der Waals surface area contributed by atoms with Crippen LogP contribution in [0.25, 0.3) is 0 Å². The number of hydrogen-bond donors (Lipinski definition) is 3. The summed E-state index contributed by atoms with van der Waals surface area (Å²) >= 11 is 5.35. The molecule has 0 radical (unpaired) electrons. The number of nitrogens with zero attached hydrogens (tertiary/aromatic N) is 1. The molecule has 1 heterocycles. The Morgan fingerprint density at radius 2 is 1.97 bits per heavy atom. The lowest BCUT2D eigenvalue weighted by Gasteiger charge is -2.37. The van der Waals surface area contributed by atoms with E-state index in [1.54, 1.807) is 48.5 Å². The van der Waals surface area contributed by atoms with Crippen molar-refractivity contribution in [3.8, 4) is 0 Å². The van der Waals surface area contributed by atoms with Gasteiger partial charge in [-0.3, -0.25) is 10.1 Å². The predicted octanol–water partition coefficient (Wildman–Crippen LogP) is 0.791. The van der Waals surface area contributed by atoms with E-state index in [-0.39, 0.29) is 25.7 Å². The SMILES string of the molecule is O=CBN1CC(CO)C(NC(=S)NC(=O)c2ccccc2)(c2ccccc2F)C1. The van der Waals surface area contributed by atoms with Crippen molar-refractivity contribution >= 4 is 36.8 Å². The van der Waals surface area contributed by atoms with Crippen LogP contribution in [0, 0.1) is 11.7 Å². The number of rotatable bonds is 6. The monoisotopic (exact) mass is 413 g/mol. The summed E-state index contributed by atoms with van der Waals surface area (Å²) in [7, 11) is 0.150. The van der Waals surface area contributed by atoms with Crippen LogP contribution in [0.15, 0.2) is 54.6 Å². The lowest BCUT2D eigenvalue weighted by Crippen LogP contribution is -2.56. The number of aliphatic hydroxyl groups is 1. The Labute approximate surface area is 174 Å². The van der Waals surface area contributed by atoms with E-state index in [0.717, 1.165) is 6.19 Å². The second-order valence-electron chi connectivity index (χ2n) is 6.97. The van der Waals surface area contributed by atoms with Crippen LogP contribution in [0.1, 0.15) is 15.9 Å². The molecule has 3 N–H and O–H groups in total. The topological polar surface area (TPSA) is 81.7 Å². The van der Waals surface area contributed by atoms with Crippen LogP contribution in [-0.4, -0.2) is 54.2 Å². The summed E-state index contributed by atoms with van der Waals surface area (Å²) in [5.74, 6) is -1.29. The Balaban J connectivity index is 1.90. The molecule has 29 heavy (non-hydrogen) atoms. The first-order valence-electron chi connectivity index (χ1n) is 9.20. The van der Waals surface area contributed by atoms with Gasteiger partial charge in [0.15, 0.2) is 5.11 Å². The zero-order valence-electron chi connectivity index (χ0n) is 15.7. The number of nitrogens with one attached hydrogen (secondary N) is 2. The smallest absolute Gasteiger partial charge is 0.281 e. The molecular weight excluding hydrogens is 392 g/mol. The van der Waals surface area contributed by atoms with E-state index in [2.05, 4.69) is 10.6 Å². The van der Waals surface area contributed by atoms with Gasteiger partial charge < -0.3 is 20.0 Å². The minimum atomic E-state index is -1.09. The first-order valence-corrected chi connectivity index (χ1v) is 9.61. The highest BCUT2D eigenvalue weighted by Gasteiger charge is 2.49. The summed E-state index contributed by atoms with van der Waals surface area (Å²) in [4.78, 5) is 25.3. The zero-order chi connectivity index (χ0) is 20.9. The van der Waals surface area contributed by atoms with Gasteiger partial charge in [-0.2, -0.15) is 0 Å². The van der Waals surface area contributed by atoms with Gasteiger partial charge in [0, 0.05) is 30.2 Å². The molecule has 0 aliphatic carbocycles. The average Bonchev–Trinajstić information content (AvgIpc) is 3.06. The van der Waals surface area contributed by atoms with E-state index in [1.165, 1.54) is 6.07 Å². The van der Waals surface area contributed by atoms with Crippen LogP contribution in [0.5, 0.6) is 0 Å². The van der Waals surface area contributed by atoms with Crippen molar-refractivity contribution in [1.29, 1.82) is 0 Å². The number of thiocarbonyl (C=S) groups is 1. The predicted molar refractivity (Wildman–Crippen MR) is 114 cm³/mol. The molecule has 0 spiro atoms. The summed E-state index contributed by atoms with van der Waals surface area (Å²) in [6.45, 7) is 0.386. The van der Waals surface area contributed by atoms with Gasteiger partial charge in [-0.15, -0.1) is 0 Å². The summed E-state index contributed by atoms with van der Waals surface area (Å²) in [5.41, 5.74) is -0.336. The van der Waals surface area contributed by atoms with Crippen molar-refractivity contribution in [3.63, 3.8) is 0 Å². The van der Waals surface area contributed by atoms with Gasteiger partial charge in [-0.05, 0) is 37.0 Å². The van der Waals surface area contributed by atoms with Gasteiger partial charge in [-0.1, -0.05) is 36.4 Å². The largest absolute Gasteiger partial charge is 0.396 e. The van der Waals surface area contributed by atoms with Crippen LogP contribution in [0.2, 0.25) is 0 Å². The van der Waals surface area contributed by atoms with Crippen LogP contribution in [0.3, 0.4) is 0 Å². The molecule has 150 valence electrons. The molecule has 0 bridgehead atoms. The zero-order valence-corrected chi connectivity index (χ0v) is 16.5. The number of halogens is 1. The fourth-order valence-corrected chi connectivity index (χ4v) is 4.08. The molecule has 1 aliphatic heterocycles. The second-order valence-corrected chi connectivity index (χ2v) is 7.37. The van der Waals surface area contributed by atoms with Crippen LogP contribution >= 0.6 is 12.2 Å². The summed E-state index contributed by atoms with van der Waals surface area (Å²) in [6.07, 6.45) is 0.765. The van der Waals surface area contributed by atoms with E-state index < -0.39 is 23.2 Å². The van der Waals surface area contributed by atoms with Crippen molar-refractivity contribution in [2.45, 2.75) is 5.54 Å². The number of amides is 1. The first kappa shape index (κ1) is 21.1. The Kier molecular flexibility index (Phi) is 6.73. The number of hydrogen-bond acceptors (Lipinski definition) is 5. The Morgan fingerprint density at radius 3 is 2.62 bits per heavy atom. The molecule has 1 fully saturated rings. The van der Waals surface area contributed by atoms with Crippen LogP contribution in [0.4, 0.5) is 4.39 Å². The van der Waals surface area contributed by atoms with E-state index in [1.807, 2.05) is 4.81 Å². The fraction of sp³-hybridized carbons (Fsp3) is 0.250. The van der Waals surface area contributed by atoms with Gasteiger partial charge in [-0.25, -0.2) is 4.39 Å². The van der Waals surface area contributed by atoms with Crippen LogP contribution in [-0.2, 0) is 10.3 Å². The fourth-order valence-electron chi connectivity index (χ4n) is 3.81. The molecule has 2 unspecified atom stereocenters.